The van der Waals surface area contributed by atoms with Crippen LogP contribution < -0.4 is 4.74 Å². The maximum absolute atomic E-state index is 13.0. The summed E-state index contributed by atoms with van der Waals surface area (Å²) < 4.78 is 12.8. The molecule has 0 spiro atoms. The number of rotatable bonds is 10. The Morgan fingerprint density at radius 3 is 2.46 bits per heavy atom. The van der Waals surface area contributed by atoms with Crippen molar-refractivity contribution in [1.82, 2.24) is 14.8 Å². The molecule has 0 bridgehead atoms. The SMILES string of the molecule is CCOC(=O)C(C)(C)Oc1ccc(C(=O)CCc2cn(-c3ccc(C)cn3)nc2C(C)C)cc1C. The zero-order valence-corrected chi connectivity index (χ0v) is 21.7. The number of hydrogen-bond donors (Lipinski definition) is 0. The lowest BCUT2D eigenvalue weighted by molar-refractivity contribution is -0.158. The van der Waals surface area contributed by atoms with Gasteiger partial charge in [-0.1, -0.05) is 19.9 Å². The summed E-state index contributed by atoms with van der Waals surface area (Å²) in [7, 11) is 0. The largest absolute Gasteiger partial charge is 0.476 e. The Balaban J connectivity index is 1.72. The third kappa shape index (κ3) is 6.35. The molecule has 0 aliphatic heterocycles. The van der Waals surface area contributed by atoms with E-state index >= 15 is 0 Å². The van der Waals surface area contributed by atoms with Gasteiger partial charge in [0.1, 0.15) is 5.75 Å². The van der Waals surface area contributed by atoms with Crippen molar-refractivity contribution in [2.24, 2.45) is 0 Å². The summed E-state index contributed by atoms with van der Waals surface area (Å²) in [6.45, 7) is 13.4. The van der Waals surface area contributed by atoms with Crippen molar-refractivity contribution in [2.75, 3.05) is 6.61 Å². The molecule has 1 aromatic carbocycles. The second-order valence-electron chi connectivity index (χ2n) is 9.57. The molecule has 0 saturated carbocycles. The van der Waals surface area contributed by atoms with Gasteiger partial charge in [-0.05, 0) is 87.9 Å². The fraction of sp³-hybridized carbons (Fsp3) is 0.429. The molecule has 0 saturated heterocycles. The molecule has 0 aliphatic carbocycles. The number of aromatic nitrogens is 3. The fourth-order valence-corrected chi connectivity index (χ4v) is 3.77. The van der Waals surface area contributed by atoms with Crippen LogP contribution in [0.3, 0.4) is 0 Å². The lowest BCUT2D eigenvalue weighted by atomic mass is 9.98. The zero-order valence-electron chi connectivity index (χ0n) is 21.7. The topological polar surface area (TPSA) is 83.3 Å². The standard InChI is InChI=1S/C28H35N3O4/c1-8-34-27(33)28(6,7)35-24-13-11-21(15-20(24)5)23(32)12-10-22-17-31(30-26(22)18(2)3)25-14-9-19(4)16-29-25/h9,11,13-18H,8,10,12H2,1-7H3. The first kappa shape index (κ1) is 26.1. The van der Waals surface area contributed by atoms with E-state index in [1.807, 2.05) is 44.4 Å². The maximum Gasteiger partial charge on any atom is 0.349 e. The molecule has 0 fully saturated rings. The third-order valence-electron chi connectivity index (χ3n) is 5.75. The van der Waals surface area contributed by atoms with Crippen LogP contribution in [-0.2, 0) is 16.0 Å². The number of nitrogens with zero attached hydrogens (tertiary/aromatic N) is 3. The van der Waals surface area contributed by atoms with E-state index in [0.717, 1.165) is 28.2 Å². The minimum atomic E-state index is -1.12. The van der Waals surface area contributed by atoms with Crippen molar-refractivity contribution < 1.29 is 19.1 Å². The Morgan fingerprint density at radius 1 is 1.11 bits per heavy atom. The van der Waals surface area contributed by atoms with Crippen molar-refractivity contribution in [3.8, 4) is 11.6 Å². The Hall–Kier alpha value is -3.48. The van der Waals surface area contributed by atoms with Crippen LogP contribution >= 0.6 is 0 Å². The molecule has 7 nitrogen and oxygen atoms in total. The molecule has 3 rings (SSSR count). The summed E-state index contributed by atoms with van der Waals surface area (Å²) in [5.74, 6) is 1.15. The predicted molar refractivity (Wildman–Crippen MR) is 135 cm³/mol. The summed E-state index contributed by atoms with van der Waals surface area (Å²) in [5.41, 5.74) is 3.39. The molecule has 35 heavy (non-hydrogen) atoms. The van der Waals surface area contributed by atoms with Crippen LogP contribution in [-0.4, -0.2) is 38.7 Å². The van der Waals surface area contributed by atoms with Crippen molar-refractivity contribution in [3.05, 3.63) is 70.7 Å². The third-order valence-corrected chi connectivity index (χ3v) is 5.75. The van der Waals surface area contributed by atoms with E-state index in [0.29, 0.717) is 24.2 Å². The van der Waals surface area contributed by atoms with Crippen molar-refractivity contribution >= 4 is 11.8 Å². The number of aryl methyl sites for hydroxylation is 3. The van der Waals surface area contributed by atoms with Crippen molar-refractivity contribution in [2.45, 2.75) is 72.8 Å². The summed E-state index contributed by atoms with van der Waals surface area (Å²) in [5, 5.41) is 4.74. The smallest absolute Gasteiger partial charge is 0.349 e. The van der Waals surface area contributed by atoms with Gasteiger partial charge in [0.05, 0.1) is 12.3 Å². The number of Topliss-reactive ketones (excluding diaryl/α,β-unsaturated/α-hetero) is 1. The number of ether oxygens (including phenoxy) is 2. The van der Waals surface area contributed by atoms with E-state index < -0.39 is 11.6 Å². The minimum absolute atomic E-state index is 0.0419. The molecule has 3 aromatic rings. The number of carbonyl (C=O) groups is 2. The van der Waals surface area contributed by atoms with Crippen LogP contribution in [0, 0.1) is 13.8 Å². The number of carbonyl (C=O) groups excluding carboxylic acids is 2. The van der Waals surface area contributed by atoms with E-state index in [2.05, 4.69) is 18.8 Å². The van der Waals surface area contributed by atoms with Crippen LogP contribution in [0.15, 0.2) is 42.7 Å². The van der Waals surface area contributed by atoms with E-state index in [4.69, 9.17) is 14.6 Å². The highest BCUT2D eigenvalue weighted by Gasteiger charge is 2.32. The number of esters is 1. The Morgan fingerprint density at radius 2 is 1.86 bits per heavy atom. The second-order valence-corrected chi connectivity index (χ2v) is 9.57. The predicted octanol–water partition coefficient (Wildman–Crippen LogP) is 5.54. The number of hydrogen-bond acceptors (Lipinski definition) is 6. The summed E-state index contributed by atoms with van der Waals surface area (Å²) in [4.78, 5) is 29.6. The van der Waals surface area contributed by atoms with E-state index in [9.17, 15) is 9.59 Å². The molecule has 0 aliphatic rings. The number of ketones is 1. The molecule has 2 aromatic heterocycles. The van der Waals surface area contributed by atoms with E-state index in [1.54, 1.807) is 37.6 Å². The Kier molecular flexibility index (Phi) is 8.10. The summed E-state index contributed by atoms with van der Waals surface area (Å²) in [6.07, 6.45) is 4.74. The fourth-order valence-electron chi connectivity index (χ4n) is 3.77. The van der Waals surface area contributed by atoms with E-state index in [1.165, 1.54) is 0 Å². The first-order valence-electron chi connectivity index (χ1n) is 12.0. The van der Waals surface area contributed by atoms with Gasteiger partial charge >= 0.3 is 5.97 Å². The highest BCUT2D eigenvalue weighted by atomic mass is 16.6. The van der Waals surface area contributed by atoms with Gasteiger partial charge in [-0.25, -0.2) is 14.5 Å². The minimum Gasteiger partial charge on any atom is -0.476 e. The monoisotopic (exact) mass is 477 g/mol. The van der Waals surface area contributed by atoms with Gasteiger partial charge in [0.2, 0.25) is 0 Å². The number of pyridine rings is 1. The maximum atomic E-state index is 13.0. The van der Waals surface area contributed by atoms with Crippen molar-refractivity contribution in [1.29, 1.82) is 0 Å². The van der Waals surface area contributed by atoms with Crippen LogP contribution in [0.25, 0.3) is 5.82 Å². The molecular weight excluding hydrogens is 442 g/mol. The van der Waals surface area contributed by atoms with Gasteiger partial charge in [0.15, 0.2) is 17.2 Å². The molecule has 0 amide bonds. The first-order valence-corrected chi connectivity index (χ1v) is 12.0. The highest BCUT2D eigenvalue weighted by molar-refractivity contribution is 5.96. The molecular formula is C28H35N3O4. The molecule has 0 atom stereocenters. The average molecular weight is 478 g/mol. The second kappa shape index (κ2) is 10.8. The average Bonchev–Trinajstić information content (AvgIpc) is 3.24. The zero-order chi connectivity index (χ0) is 25.8. The molecule has 186 valence electrons. The first-order chi connectivity index (χ1) is 16.5. The molecule has 0 radical (unpaired) electrons. The van der Waals surface area contributed by atoms with Crippen LogP contribution in [0.2, 0.25) is 0 Å². The normalized spacial score (nSPS) is 11.5. The van der Waals surface area contributed by atoms with Crippen LogP contribution in [0.1, 0.15) is 79.7 Å². The van der Waals surface area contributed by atoms with Gasteiger partial charge in [0.25, 0.3) is 0 Å². The van der Waals surface area contributed by atoms with Gasteiger partial charge in [-0.2, -0.15) is 5.10 Å². The molecule has 0 N–H and O–H groups in total. The van der Waals surface area contributed by atoms with Gasteiger partial charge in [-0.15, -0.1) is 0 Å². The molecule has 7 heteroatoms. The van der Waals surface area contributed by atoms with Crippen molar-refractivity contribution in [3.63, 3.8) is 0 Å². The molecule has 2 heterocycles. The highest BCUT2D eigenvalue weighted by Crippen LogP contribution is 2.26. The quantitative estimate of drug-likeness (QED) is 0.281. The van der Waals surface area contributed by atoms with E-state index in [-0.39, 0.29) is 18.3 Å². The lowest BCUT2D eigenvalue weighted by Crippen LogP contribution is -2.39. The van der Waals surface area contributed by atoms with Gasteiger partial charge in [0, 0.05) is 24.4 Å². The summed E-state index contributed by atoms with van der Waals surface area (Å²) in [6, 6.07) is 9.24. The lowest BCUT2D eigenvalue weighted by Gasteiger charge is -2.25. The van der Waals surface area contributed by atoms with Crippen LogP contribution in [0.4, 0.5) is 0 Å². The summed E-state index contributed by atoms with van der Waals surface area (Å²) >= 11 is 0. The van der Waals surface area contributed by atoms with Gasteiger partial charge in [-0.3, -0.25) is 4.79 Å². The molecule has 0 unspecified atom stereocenters. The van der Waals surface area contributed by atoms with Crippen LogP contribution in [0.5, 0.6) is 5.75 Å². The number of benzene rings is 1. The Labute approximate surface area is 207 Å². The Bertz CT molecular complexity index is 1190. The van der Waals surface area contributed by atoms with Gasteiger partial charge < -0.3 is 9.47 Å².